The molecule has 1 aromatic carbocycles. The van der Waals surface area contributed by atoms with Crippen LogP contribution in [0.3, 0.4) is 0 Å². The first kappa shape index (κ1) is 23.7. The average Bonchev–Trinajstić information content (AvgIpc) is 3.10. The average molecular weight is 463 g/mol. The number of nitro benzene ring substituents is 1. The molecule has 10 nitrogen and oxygen atoms in total. The van der Waals surface area contributed by atoms with Crippen molar-refractivity contribution < 1.29 is 24.0 Å². The number of Topliss-reactive ketones (excluding diaryl/α,β-unsaturated/α-hetero) is 1. The van der Waals surface area contributed by atoms with Gasteiger partial charge in [0.15, 0.2) is 5.78 Å². The molecule has 1 fully saturated rings. The van der Waals surface area contributed by atoms with E-state index < -0.39 is 33.4 Å². The summed E-state index contributed by atoms with van der Waals surface area (Å²) in [5, 5.41) is 12.9. The van der Waals surface area contributed by atoms with Crippen LogP contribution in [0.4, 0.5) is 10.5 Å². The number of allylic oxidation sites excluding steroid dienone is 1. The van der Waals surface area contributed by atoms with Gasteiger partial charge in [-0.1, -0.05) is 44.7 Å². The number of non-ortho nitro benzene ring substituents is 1. The van der Waals surface area contributed by atoms with Gasteiger partial charge in [0.2, 0.25) is 5.91 Å². The molecule has 0 radical (unpaired) electrons. The summed E-state index contributed by atoms with van der Waals surface area (Å²) in [6, 6.07) is 5.24. The first-order valence-electron chi connectivity index (χ1n) is 10.1. The number of nitrogens with two attached hydrogens (primary N) is 1. The molecule has 32 heavy (non-hydrogen) atoms. The molecule has 2 aliphatic rings. The fourth-order valence-corrected chi connectivity index (χ4v) is 4.85. The molecule has 2 aliphatic heterocycles. The third-order valence-electron chi connectivity index (χ3n) is 5.29. The van der Waals surface area contributed by atoms with Crippen LogP contribution in [0.5, 0.6) is 0 Å². The van der Waals surface area contributed by atoms with E-state index in [-0.39, 0.29) is 22.1 Å². The van der Waals surface area contributed by atoms with Crippen molar-refractivity contribution in [3.05, 3.63) is 50.5 Å². The van der Waals surface area contributed by atoms with Gasteiger partial charge in [0.1, 0.15) is 5.25 Å². The highest BCUT2D eigenvalue weighted by atomic mass is 32.2. The number of carbonyl (C=O) groups is 3. The summed E-state index contributed by atoms with van der Waals surface area (Å²) in [7, 11) is 0. The molecule has 11 heteroatoms. The van der Waals surface area contributed by atoms with Crippen molar-refractivity contribution in [3.63, 3.8) is 0 Å². The number of nitrogens with one attached hydrogen (secondary N) is 1. The number of thioether (sulfide) groups is 1. The molecule has 0 saturated carbocycles. The number of hydrogen-bond donors (Lipinski definition) is 2. The van der Waals surface area contributed by atoms with Gasteiger partial charge in [-0.05, 0) is 5.56 Å². The Bertz CT molecular complexity index is 981. The van der Waals surface area contributed by atoms with Gasteiger partial charge < -0.3 is 15.4 Å². The molecule has 0 spiro atoms. The topological polar surface area (TPSA) is 145 Å². The molecule has 0 aromatic heterocycles. The molecule has 2 atom stereocenters. The van der Waals surface area contributed by atoms with E-state index in [1.54, 1.807) is 26.8 Å². The Morgan fingerprint density at radius 2 is 1.91 bits per heavy atom. The number of ketones is 1. The van der Waals surface area contributed by atoms with Crippen LogP contribution in [0.1, 0.15) is 32.3 Å². The number of ether oxygens (including phenoxy) is 1. The van der Waals surface area contributed by atoms with Crippen molar-refractivity contribution in [1.29, 1.82) is 0 Å². The lowest BCUT2D eigenvalue weighted by Crippen LogP contribution is -2.50. The van der Waals surface area contributed by atoms with E-state index in [1.165, 1.54) is 23.1 Å². The van der Waals surface area contributed by atoms with Gasteiger partial charge in [0, 0.05) is 42.1 Å². The molecule has 172 valence electrons. The number of urea groups is 1. The number of hydrogen-bond acceptors (Lipinski definition) is 8. The first-order chi connectivity index (χ1) is 15.0. The standard InChI is InChI=1S/C21H26N4O6S/c1-21(2,3)17(26)15-14(12-5-4-6-13(11-12)25(29)30)16(32-18(15)22)19(27)23-20(28)24-7-9-31-10-8-24/h4-6,11,14,16H,7-10,22H2,1-3H3,(H,23,27,28)/t14-,16-/m0/s1. The van der Waals surface area contributed by atoms with Crippen LogP contribution in [-0.4, -0.2) is 59.1 Å². The fraction of sp³-hybridized carbons (Fsp3) is 0.476. The number of imide groups is 1. The summed E-state index contributed by atoms with van der Waals surface area (Å²) >= 11 is 0.991. The van der Waals surface area contributed by atoms with Crippen molar-refractivity contribution in [2.45, 2.75) is 31.9 Å². The second-order valence-corrected chi connectivity index (χ2v) is 9.80. The number of nitro groups is 1. The predicted octanol–water partition coefficient (Wildman–Crippen LogP) is 2.15. The maximum absolute atomic E-state index is 13.2. The second kappa shape index (κ2) is 9.29. The van der Waals surface area contributed by atoms with E-state index in [2.05, 4.69) is 5.32 Å². The van der Waals surface area contributed by atoms with Gasteiger partial charge in [-0.15, -0.1) is 0 Å². The Labute approximate surface area is 189 Å². The summed E-state index contributed by atoms with van der Waals surface area (Å²) < 4.78 is 5.22. The largest absolute Gasteiger partial charge is 0.393 e. The first-order valence-corrected chi connectivity index (χ1v) is 11.0. The minimum Gasteiger partial charge on any atom is -0.393 e. The molecule has 2 heterocycles. The van der Waals surface area contributed by atoms with Crippen molar-refractivity contribution in [3.8, 4) is 0 Å². The monoisotopic (exact) mass is 462 g/mol. The van der Waals surface area contributed by atoms with Crippen molar-refractivity contribution in [2.75, 3.05) is 26.3 Å². The van der Waals surface area contributed by atoms with Crippen molar-refractivity contribution in [2.24, 2.45) is 11.1 Å². The molecule has 1 aromatic rings. The van der Waals surface area contributed by atoms with Gasteiger partial charge in [0.05, 0.1) is 23.2 Å². The number of rotatable bonds is 4. The highest BCUT2D eigenvalue weighted by Gasteiger charge is 2.46. The van der Waals surface area contributed by atoms with E-state index in [4.69, 9.17) is 10.5 Å². The molecule has 0 unspecified atom stereocenters. The summed E-state index contributed by atoms with van der Waals surface area (Å²) in [4.78, 5) is 51.1. The third kappa shape index (κ3) is 4.94. The summed E-state index contributed by atoms with van der Waals surface area (Å²) in [6.07, 6.45) is 0. The van der Waals surface area contributed by atoms with E-state index >= 15 is 0 Å². The van der Waals surface area contributed by atoms with Crippen LogP contribution in [0.25, 0.3) is 0 Å². The molecule has 3 N–H and O–H groups in total. The van der Waals surface area contributed by atoms with Gasteiger partial charge in [0.25, 0.3) is 5.69 Å². The number of morpholine rings is 1. The molecular weight excluding hydrogens is 436 g/mol. The Morgan fingerprint density at radius 1 is 1.25 bits per heavy atom. The summed E-state index contributed by atoms with van der Waals surface area (Å²) in [6.45, 7) is 6.70. The quantitative estimate of drug-likeness (QED) is 0.511. The maximum atomic E-state index is 13.2. The van der Waals surface area contributed by atoms with Crippen molar-refractivity contribution >= 4 is 35.2 Å². The lowest BCUT2D eigenvalue weighted by Gasteiger charge is -2.28. The molecule has 3 amide bonds. The van der Waals surface area contributed by atoms with Crippen molar-refractivity contribution in [1.82, 2.24) is 10.2 Å². The Kier molecular flexibility index (Phi) is 6.89. The lowest BCUT2D eigenvalue weighted by molar-refractivity contribution is -0.384. The minimum atomic E-state index is -0.928. The Hall–Kier alpha value is -2.92. The highest BCUT2D eigenvalue weighted by molar-refractivity contribution is 8.04. The van der Waals surface area contributed by atoms with E-state index in [9.17, 15) is 24.5 Å². The molecule has 0 aliphatic carbocycles. The van der Waals surface area contributed by atoms with Crippen LogP contribution < -0.4 is 11.1 Å². The Balaban J connectivity index is 1.95. The number of carbonyl (C=O) groups excluding carboxylic acids is 3. The summed E-state index contributed by atoms with van der Waals surface area (Å²) in [5.41, 5.74) is 5.91. The number of benzene rings is 1. The van der Waals surface area contributed by atoms with Gasteiger partial charge in [-0.2, -0.15) is 0 Å². The number of amides is 3. The SMILES string of the molecule is CC(C)(C)C(=O)C1=C(N)S[C@H](C(=O)NC(=O)N2CCOCC2)[C@H]1c1cccc([N+](=O)[O-])c1. The smallest absolute Gasteiger partial charge is 0.324 e. The predicted molar refractivity (Wildman–Crippen MR) is 119 cm³/mol. The fourth-order valence-electron chi connectivity index (χ4n) is 3.63. The number of nitrogens with zero attached hydrogens (tertiary/aromatic N) is 2. The third-order valence-corrected chi connectivity index (χ3v) is 6.50. The molecular formula is C21H26N4O6S. The zero-order valence-electron chi connectivity index (χ0n) is 18.1. The normalized spacial score (nSPS) is 21.4. The van der Waals surface area contributed by atoms with Gasteiger partial charge in [-0.25, -0.2) is 4.79 Å². The molecule has 0 bridgehead atoms. The lowest BCUT2D eigenvalue weighted by atomic mass is 9.78. The van der Waals surface area contributed by atoms with Crippen LogP contribution in [0.15, 0.2) is 34.9 Å². The zero-order chi connectivity index (χ0) is 23.6. The van der Waals surface area contributed by atoms with Crippen LogP contribution in [0.2, 0.25) is 0 Å². The van der Waals surface area contributed by atoms with E-state index in [0.717, 1.165) is 11.8 Å². The minimum absolute atomic E-state index is 0.163. The summed E-state index contributed by atoms with van der Waals surface area (Å²) in [5.74, 6) is -1.69. The van der Waals surface area contributed by atoms with Gasteiger partial charge >= 0.3 is 6.03 Å². The Morgan fingerprint density at radius 3 is 2.50 bits per heavy atom. The van der Waals surface area contributed by atoms with Crippen LogP contribution in [-0.2, 0) is 14.3 Å². The molecule has 1 saturated heterocycles. The maximum Gasteiger partial charge on any atom is 0.324 e. The van der Waals surface area contributed by atoms with E-state index in [0.29, 0.717) is 31.9 Å². The van der Waals surface area contributed by atoms with Crippen LogP contribution >= 0.6 is 11.8 Å². The highest BCUT2D eigenvalue weighted by Crippen LogP contribution is 2.48. The van der Waals surface area contributed by atoms with E-state index in [1.807, 2.05) is 0 Å². The zero-order valence-corrected chi connectivity index (χ0v) is 18.9. The second-order valence-electron chi connectivity index (χ2n) is 8.62. The van der Waals surface area contributed by atoms with Gasteiger partial charge in [-0.3, -0.25) is 25.0 Å². The van der Waals surface area contributed by atoms with Crippen LogP contribution in [0, 0.1) is 15.5 Å². The molecule has 3 rings (SSSR count).